The van der Waals surface area contributed by atoms with Gasteiger partial charge in [0.15, 0.2) is 0 Å². The number of aliphatic carboxylic acids is 1. The number of amides is 1. The summed E-state index contributed by atoms with van der Waals surface area (Å²) in [6, 6.07) is 5.52. The molecule has 6 heteroatoms. The summed E-state index contributed by atoms with van der Waals surface area (Å²) >= 11 is 0. The smallest absolute Gasteiger partial charge is 0.306 e. The van der Waals surface area contributed by atoms with E-state index >= 15 is 0 Å². The van der Waals surface area contributed by atoms with E-state index in [1.54, 1.807) is 20.3 Å². The third-order valence-electron chi connectivity index (χ3n) is 3.90. The molecule has 0 aliphatic heterocycles. The Morgan fingerprint density at radius 3 is 2.27 bits per heavy atom. The minimum atomic E-state index is -0.783. The van der Waals surface area contributed by atoms with E-state index in [4.69, 9.17) is 14.6 Å². The number of nitrogens with one attached hydrogen (secondary N) is 1. The van der Waals surface area contributed by atoms with Crippen molar-refractivity contribution in [2.24, 2.45) is 5.92 Å². The summed E-state index contributed by atoms with van der Waals surface area (Å²) in [5, 5.41) is 11.7. The highest BCUT2D eigenvalue weighted by Crippen LogP contribution is 2.27. The predicted molar refractivity (Wildman–Crippen MR) is 80.2 cm³/mol. The van der Waals surface area contributed by atoms with Gasteiger partial charge in [0, 0.05) is 18.5 Å². The van der Waals surface area contributed by atoms with Crippen LogP contribution in [0, 0.1) is 5.92 Å². The van der Waals surface area contributed by atoms with Crippen LogP contribution in [-0.4, -0.2) is 37.2 Å². The number of carboxylic acids is 1. The molecule has 0 aromatic heterocycles. The van der Waals surface area contributed by atoms with E-state index in [1.165, 1.54) is 0 Å². The van der Waals surface area contributed by atoms with E-state index in [2.05, 4.69) is 5.32 Å². The van der Waals surface area contributed by atoms with Gasteiger partial charge >= 0.3 is 5.97 Å². The van der Waals surface area contributed by atoms with E-state index in [1.807, 2.05) is 12.1 Å². The van der Waals surface area contributed by atoms with Gasteiger partial charge in [-0.15, -0.1) is 0 Å². The van der Waals surface area contributed by atoms with Crippen molar-refractivity contribution in [2.45, 2.75) is 31.7 Å². The lowest BCUT2D eigenvalue weighted by atomic mass is 9.80. The van der Waals surface area contributed by atoms with Crippen molar-refractivity contribution >= 4 is 11.9 Å². The zero-order valence-electron chi connectivity index (χ0n) is 12.8. The van der Waals surface area contributed by atoms with Gasteiger partial charge in [-0.25, -0.2) is 0 Å². The number of hydrogen-bond acceptors (Lipinski definition) is 4. The van der Waals surface area contributed by atoms with Crippen molar-refractivity contribution < 1.29 is 24.2 Å². The molecule has 1 saturated carbocycles. The second kappa shape index (κ2) is 7.15. The van der Waals surface area contributed by atoms with Crippen LogP contribution in [0.5, 0.6) is 11.5 Å². The van der Waals surface area contributed by atoms with Crippen LogP contribution in [0.15, 0.2) is 18.2 Å². The lowest BCUT2D eigenvalue weighted by Gasteiger charge is -2.32. The summed E-state index contributed by atoms with van der Waals surface area (Å²) in [6.07, 6.45) is 1.97. The second-order valence-electron chi connectivity index (χ2n) is 5.49. The van der Waals surface area contributed by atoms with Crippen LogP contribution < -0.4 is 14.8 Å². The van der Waals surface area contributed by atoms with Crippen molar-refractivity contribution in [3.63, 3.8) is 0 Å². The Morgan fingerprint density at radius 2 is 1.77 bits per heavy atom. The fourth-order valence-electron chi connectivity index (χ4n) is 2.51. The molecule has 2 rings (SSSR count). The minimum absolute atomic E-state index is 0.00607. The predicted octanol–water partition coefficient (Wildman–Crippen LogP) is 1.62. The largest absolute Gasteiger partial charge is 0.497 e. The Balaban J connectivity index is 1.80. The van der Waals surface area contributed by atoms with Crippen molar-refractivity contribution in [3.05, 3.63) is 23.8 Å². The molecule has 6 nitrogen and oxygen atoms in total. The number of benzene rings is 1. The highest BCUT2D eigenvalue weighted by molar-refractivity contribution is 5.77. The van der Waals surface area contributed by atoms with E-state index in [0.29, 0.717) is 37.2 Å². The molecule has 1 fully saturated rings. The van der Waals surface area contributed by atoms with Gasteiger partial charge in [0.25, 0.3) is 0 Å². The number of hydrogen-bond donors (Lipinski definition) is 2. The first-order chi connectivity index (χ1) is 10.5. The van der Waals surface area contributed by atoms with Gasteiger partial charge in [0.2, 0.25) is 5.91 Å². The van der Waals surface area contributed by atoms with Crippen LogP contribution in [0.1, 0.15) is 24.8 Å². The zero-order valence-corrected chi connectivity index (χ0v) is 12.8. The average molecular weight is 307 g/mol. The molecular formula is C16H21NO5. The fourth-order valence-corrected chi connectivity index (χ4v) is 2.51. The topological polar surface area (TPSA) is 84.9 Å². The van der Waals surface area contributed by atoms with Gasteiger partial charge < -0.3 is 19.9 Å². The summed E-state index contributed by atoms with van der Waals surface area (Å²) in [4.78, 5) is 22.6. The minimum Gasteiger partial charge on any atom is -0.497 e. The van der Waals surface area contributed by atoms with Crippen molar-refractivity contribution in [1.29, 1.82) is 0 Å². The highest BCUT2D eigenvalue weighted by Gasteiger charge is 2.35. The number of methoxy groups -OCH3 is 2. The Labute approximate surface area is 129 Å². The van der Waals surface area contributed by atoms with Gasteiger partial charge in [-0.1, -0.05) is 0 Å². The van der Waals surface area contributed by atoms with Gasteiger partial charge in [-0.3, -0.25) is 9.59 Å². The first-order valence-corrected chi connectivity index (χ1v) is 7.26. The molecule has 0 radical (unpaired) electrons. The van der Waals surface area contributed by atoms with Gasteiger partial charge in [-0.2, -0.15) is 0 Å². The van der Waals surface area contributed by atoms with Gasteiger partial charge in [-0.05, 0) is 37.0 Å². The number of ether oxygens (including phenoxy) is 2. The maximum atomic E-state index is 11.9. The molecule has 0 saturated heterocycles. The van der Waals surface area contributed by atoms with Gasteiger partial charge in [0.1, 0.15) is 11.5 Å². The Kier molecular flexibility index (Phi) is 5.25. The van der Waals surface area contributed by atoms with Crippen molar-refractivity contribution in [2.75, 3.05) is 14.2 Å². The summed E-state index contributed by atoms with van der Waals surface area (Å²) in [5.74, 6) is 0.230. The molecule has 22 heavy (non-hydrogen) atoms. The molecule has 1 amide bonds. The molecule has 0 bridgehead atoms. The van der Waals surface area contributed by atoms with Crippen molar-refractivity contribution in [1.82, 2.24) is 5.32 Å². The molecule has 0 unspecified atom stereocenters. The first kappa shape index (κ1) is 16.1. The molecule has 0 heterocycles. The number of aryl methyl sites for hydroxylation is 1. The zero-order chi connectivity index (χ0) is 16.1. The molecule has 1 aliphatic carbocycles. The first-order valence-electron chi connectivity index (χ1n) is 7.26. The summed E-state index contributed by atoms with van der Waals surface area (Å²) < 4.78 is 10.4. The van der Waals surface area contributed by atoms with Crippen LogP contribution in [0.3, 0.4) is 0 Å². The molecule has 120 valence electrons. The molecule has 1 aliphatic rings. The summed E-state index contributed by atoms with van der Waals surface area (Å²) in [7, 11) is 3.17. The number of rotatable bonds is 7. The van der Waals surface area contributed by atoms with Crippen LogP contribution in [0.2, 0.25) is 0 Å². The molecular weight excluding hydrogens is 286 g/mol. The van der Waals surface area contributed by atoms with Crippen LogP contribution >= 0.6 is 0 Å². The Bertz CT molecular complexity index is 529. The fraction of sp³-hybridized carbons (Fsp3) is 0.500. The van der Waals surface area contributed by atoms with Crippen LogP contribution in [0.25, 0.3) is 0 Å². The summed E-state index contributed by atoms with van der Waals surface area (Å²) in [5.41, 5.74) is 0.961. The van der Waals surface area contributed by atoms with E-state index in [-0.39, 0.29) is 17.9 Å². The molecule has 2 N–H and O–H groups in total. The number of carboxylic acid groups (broad SMARTS) is 1. The third-order valence-corrected chi connectivity index (χ3v) is 3.90. The number of carbonyl (C=O) groups excluding carboxylic acids is 1. The SMILES string of the molecule is COc1cc(CCC(=O)NC2CC(C(=O)O)C2)cc(OC)c1. The molecule has 1 aromatic carbocycles. The van der Waals surface area contributed by atoms with E-state index in [9.17, 15) is 9.59 Å². The maximum Gasteiger partial charge on any atom is 0.306 e. The lowest BCUT2D eigenvalue weighted by Crippen LogP contribution is -2.46. The second-order valence-corrected chi connectivity index (χ2v) is 5.49. The van der Waals surface area contributed by atoms with E-state index in [0.717, 1.165) is 5.56 Å². The Morgan fingerprint density at radius 1 is 1.18 bits per heavy atom. The van der Waals surface area contributed by atoms with Crippen LogP contribution in [-0.2, 0) is 16.0 Å². The Hall–Kier alpha value is -2.24. The van der Waals surface area contributed by atoms with Crippen LogP contribution in [0.4, 0.5) is 0 Å². The maximum absolute atomic E-state index is 11.9. The normalized spacial score (nSPS) is 19.9. The van der Waals surface area contributed by atoms with E-state index < -0.39 is 5.97 Å². The average Bonchev–Trinajstić information content (AvgIpc) is 2.47. The van der Waals surface area contributed by atoms with Crippen molar-refractivity contribution in [3.8, 4) is 11.5 Å². The molecule has 1 aromatic rings. The standard InChI is InChI=1S/C16H21NO5/c1-21-13-5-10(6-14(9-13)22-2)3-4-15(18)17-12-7-11(8-12)16(19)20/h5-6,9,11-12H,3-4,7-8H2,1-2H3,(H,17,18)(H,19,20). The number of carbonyl (C=O) groups is 2. The van der Waals surface area contributed by atoms with Gasteiger partial charge in [0.05, 0.1) is 20.1 Å². The summed E-state index contributed by atoms with van der Waals surface area (Å²) in [6.45, 7) is 0. The monoisotopic (exact) mass is 307 g/mol. The lowest BCUT2D eigenvalue weighted by molar-refractivity contribution is -0.146. The molecule has 0 spiro atoms. The third kappa shape index (κ3) is 4.13. The highest BCUT2D eigenvalue weighted by atomic mass is 16.5. The quantitative estimate of drug-likeness (QED) is 0.799. The molecule has 0 atom stereocenters.